The fourth-order valence-corrected chi connectivity index (χ4v) is 3.20. The third kappa shape index (κ3) is 2.47. The number of halogens is 2. The number of aromatic amines is 1. The fraction of sp³-hybridized carbons (Fsp3) is 0.125. The molecule has 0 saturated carbocycles. The summed E-state index contributed by atoms with van der Waals surface area (Å²) in [6.07, 6.45) is 0. The molecular formula is C16H10Cl2N4O3. The van der Waals surface area contributed by atoms with Crippen LogP contribution < -0.4 is 16.8 Å². The van der Waals surface area contributed by atoms with Crippen LogP contribution in [0.4, 0.5) is 0 Å². The number of hydrogen-bond acceptors (Lipinski definition) is 4. The Bertz CT molecular complexity index is 1260. The van der Waals surface area contributed by atoms with Crippen LogP contribution in [0.2, 0.25) is 10.0 Å². The highest BCUT2D eigenvalue weighted by Gasteiger charge is 2.22. The number of aryl methyl sites for hydroxylation is 1. The van der Waals surface area contributed by atoms with Crippen LogP contribution in [-0.2, 0) is 14.1 Å². The Morgan fingerprint density at radius 1 is 1.12 bits per heavy atom. The number of pyridine rings is 1. The van der Waals surface area contributed by atoms with Crippen molar-refractivity contribution >= 4 is 34.2 Å². The first-order valence-corrected chi connectivity index (χ1v) is 7.75. The smallest absolute Gasteiger partial charge is 0.307 e. The molecule has 0 fully saturated rings. The summed E-state index contributed by atoms with van der Waals surface area (Å²) in [5.41, 5.74) is -1.86. The molecule has 0 aliphatic carbocycles. The van der Waals surface area contributed by atoms with Crippen molar-refractivity contribution in [1.82, 2.24) is 14.1 Å². The Kier molecular flexibility index (Phi) is 4.03. The monoisotopic (exact) mass is 376 g/mol. The van der Waals surface area contributed by atoms with Gasteiger partial charge in [0.1, 0.15) is 17.3 Å². The van der Waals surface area contributed by atoms with Crippen LogP contribution in [0.15, 0.2) is 32.6 Å². The van der Waals surface area contributed by atoms with E-state index < -0.39 is 16.8 Å². The minimum Gasteiger partial charge on any atom is -0.307 e. The number of rotatable bonds is 1. The van der Waals surface area contributed by atoms with Gasteiger partial charge in [0.2, 0.25) is 0 Å². The van der Waals surface area contributed by atoms with Crippen LogP contribution in [0, 0.1) is 11.3 Å². The van der Waals surface area contributed by atoms with Gasteiger partial charge in [-0.3, -0.25) is 18.7 Å². The number of H-pyrrole nitrogens is 1. The average molecular weight is 377 g/mol. The molecule has 9 heteroatoms. The number of nitrogens with one attached hydrogen (secondary N) is 1. The van der Waals surface area contributed by atoms with Gasteiger partial charge in [-0.1, -0.05) is 29.3 Å². The highest BCUT2D eigenvalue weighted by Crippen LogP contribution is 2.34. The first-order chi connectivity index (χ1) is 11.8. The second-order valence-electron chi connectivity index (χ2n) is 5.37. The van der Waals surface area contributed by atoms with Crippen molar-refractivity contribution in [3.63, 3.8) is 0 Å². The van der Waals surface area contributed by atoms with Crippen LogP contribution in [0.25, 0.3) is 22.2 Å². The highest BCUT2D eigenvalue weighted by molar-refractivity contribution is 6.36. The molecule has 0 amide bonds. The molecule has 25 heavy (non-hydrogen) atoms. The standard InChI is InChI=1S/C16H10Cl2N4O3/c1-21-13-12(15(24)22(2)16(21)25)11(9(6-19)14(23)20-13)8-4-3-7(17)5-10(8)18/h3-5H,1-2H3,(H,20,23). The molecule has 1 aromatic carbocycles. The number of nitriles is 1. The van der Waals surface area contributed by atoms with Crippen molar-refractivity contribution in [3.8, 4) is 17.2 Å². The lowest BCUT2D eigenvalue weighted by atomic mass is 9.98. The first-order valence-electron chi connectivity index (χ1n) is 6.99. The van der Waals surface area contributed by atoms with Crippen LogP contribution in [0.3, 0.4) is 0 Å². The van der Waals surface area contributed by atoms with Gasteiger partial charge in [-0.05, 0) is 12.1 Å². The molecule has 7 nitrogen and oxygen atoms in total. The van der Waals surface area contributed by atoms with Crippen molar-refractivity contribution < 1.29 is 0 Å². The van der Waals surface area contributed by atoms with E-state index in [1.54, 1.807) is 6.07 Å². The zero-order chi connectivity index (χ0) is 18.5. The zero-order valence-corrected chi connectivity index (χ0v) is 14.6. The summed E-state index contributed by atoms with van der Waals surface area (Å²) < 4.78 is 2.03. The van der Waals surface area contributed by atoms with Gasteiger partial charge in [-0.2, -0.15) is 5.26 Å². The minimum absolute atomic E-state index is 0.0121. The van der Waals surface area contributed by atoms with Gasteiger partial charge >= 0.3 is 5.69 Å². The molecule has 0 aliphatic rings. The van der Waals surface area contributed by atoms with E-state index in [1.807, 2.05) is 0 Å². The van der Waals surface area contributed by atoms with Crippen molar-refractivity contribution in [1.29, 1.82) is 5.26 Å². The predicted molar refractivity (Wildman–Crippen MR) is 95.2 cm³/mol. The number of fused-ring (bicyclic) bond motifs is 1. The third-order valence-corrected chi connectivity index (χ3v) is 4.48. The average Bonchev–Trinajstić information content (AvgIpc) is 2.57. The van der Waals surface area contributed by atoms with E-state index in [0.717, 1.165) is 9.13 Å². The first kappa shape index (κ1) is 17.0. The van der Waals surface area contributed by atoms with Gasteiger partial charge < -0.3 is 4.98 Å². The maximum Gasteiger partial charge on any atom is 0.332 e. The van der Waals surface area contributed by atoms with Gasteiger partial charge in [0.15, 0.2) is 0 Å². The van der Waals surface area contributed by atoms with E-state index in [1.165, 1.54) is 32.3 Å². The predicted octanol–water partition coefficient (Wildman–Crippen LogP) is 1.77. The van der Waals surface area contributed by atoms with Gasteiger partial charge in [-0.15, -0.1) is 0 Å². The Balaban J connectivity index is 2.71. The summed E-state index contributed by atoms with van der Waals surface area (Å²) in [6, 6.07) is 6.30. The maximum atomic E-state index is 12.7. The molecule has 0 unspecified atom stereocenters. The molecular weight excluding hydrogens is 367 g/mol. The normalized spacial score (nSPS) is 10.8. The molecule has 126 valence electrons. The van der Waals surface area contributed by atoms with Crippen molar-refractivity contribution in [2.45, 2.75) is 0 Å². The fourth-order valence-electron chi connectivity index (χ4n) is 2.69. The summed E-state index contributed by atoms with van der Waals surface area (Å²) in [7, 11) is 2.73. The molecule has 0 saturated heterocycles. The molecule has 2 heterocycles. The van der Waals surface area contributed by atoms with Gasteiger partial charge in [0, 0.05) is 35.3 Å². The van der Waals surface area contributed by atoms with Crippen LogP contribution in [0.1, 0.15) is 5.56 Å². The Morgan fingerprint density at radius 3 is 2.40 bits per heavy atom. The molecule has 3 aromatic rings. The van der Waals surface area contributed by atoms with Crippen molar-refractivity contribution in [2.75, 3.05) is 0 Å². The van der Waals surface area contributed by atoms with E-state index in [4.69, 9.17) is 23.2 Å². The molecule has 0 atom stereocenters. The topological polar surface area (TPSA) is 101 Å². The largest absolute Gasteiger partial charge is 0.332 e. The van der Waals surface area contributed by atoms with Gasteiger partial charge in [-0.25, -0.2) is 4.79 Å². The van der Waals surface area contributed by atoms with E-state index in [0.29, 0.717) is 10.6 Å². The van der Waals surface area contributed by atoms with E-state index >= 15 is 0 Å². The molecule has 0 aliphatic heterocycles. The van der Waals surface area contributed by atoms with Crippen LogP contribution >= 0.6 is 23.2 Å². The Morgan fingerprint density at radius 2 is 1.80 bits per heavy atom. The quantitative estimate of drug-likeness (QED) is 0.699. The molecule has 2 aromatic heterocycles. The van der Waals surface area contributed by atoms with Gasteiger partial charge in [0.05, 0.1) is 5.39 Å². The number of benzene rings is 1. The lowest BCUT2D eigenvalue weighted by molar-refractivity contribution is 0.707. The molecule has 0 spiro atoms. The zero-order valence-electron chi connectivity index (χ0n) is 13.1. The lowest BCUT2D eigenvalue weighted by Gasteiger charge is -2.13. The van der Waals surface area contributed by atoms with Gasteiger partial charge in [0.25, 0.3) is 11.1 Å². The summed E-state index contributed by atoms with van der Waals surface area (Å²) >= 11 is 12.1. The highest BCUT2D eigenvalue weighted by atomic mass is 35.5. The second kappa shape index (κ2) is 5.92. The van der Waals surface area contributed by atoms with E-state index in [2.05, 4.69) is 4.98 Å². The molecule has 3 rings (SSSR count). The van der Waals surface area contributed by atoms with E-state index in [9.17, 15) is 19.6 Å². The van der Waals surface area contributed by atoms with Crippen molar-refractivity contribution in [2.24, 2.45) is 14.1 Å². The third-order valence-electron chi connectivity index (χ3n) is 3.94. The summed E-state index contributed by atoms with van der Waals surface area (Å²) in [4.78, 5) is 39.6. The van der Waals surface area contributed by atoms with E-state index in [-0.39, 0.29) is 27.2 Å². The number of nitrogens with zero attached hydrogens (tertiary/aromatic N) is 3. The van der Waals surface area contributed by atoms with Crippen LogP contribution in [-0.4, -0.2) is 14.1 Å². The number of hydrogen-bond donors (Lipinski definition) is 1. The SMILES string of the molecule is Cn1c(=O)c2c(-c3ccc(Cl)cc3Cl)c(C#N)c(=O)[nH]c2n(C)c1=O. The minimum atomic E-state index is -0.723. The summed E-state index contributed by atoms with van der Waals surface area (Å²) in [5, 5.41) is 9.99. The number of aromatic nitrogens is 3. The molecule has 1 N–H and O–H groups in total. The molecule has 0 bridgehead atoms. The summed E-state index contributed by atoms with van der Waals surface area (Å²) in [6.45, 7) is 0. The Hall–Kier alpha value is -2.82. The maximum absolute atomic E-state index is 12.7. The van der Waals surface area contributed by atoms with Crippen molar-refractivity contribution in [3.05, 3.63) is 65.0 Å². The summed E-state index contributed by atoms with van der Waals surface area (Å²) in [5.74, 6) is 0. The van der Waals surface area contributed by atoms with Crippen LogP contribution in [0.5, 0.6) is 0 Å². The lowest BCUT2D eigenvalue weighted by Crippen LogP contribution is -2.38. The molecule has 0 radical (unpaired) electrons. The second-order valence-corrected chi connectivity index (χ2v) is 6.21. The Labute approximate surface area is 150 Å².